The first kappa shape index (κ1) is 15.3. The molecule has 2 aliphatic heterocycles. The fourth-order valence-electron chi connectivity index (χ4n) is 3.50. The Labute approximate surface area is 119 Å². The summed E-state index contributed by atoms with van der Waals surface area (Å²) in [5, 5.41) is 3.46. The van der Waals surface area contributed by atoms with Crippen LogP contribution in [-0.4, -0.2) is 49.3 Å². The van der Waals surface area contributed by atoms with Gasteiger partial charge in [0.05, 0.1) is 11.7 Å². The molecule has 0 aliphatic carbocycles. The summed E-state index contributed by atoms with van der Waals surface area (Å²) in [6.07, 6.45) is 6.85. The van der Waals surface area contributed by atoms with Crippen molar-refractivity contribution >= 4 is 0 Å². The topological polar surface area (TPSA) is 24.5 Å². The van der Waals surface area contributed by atoms with E-state index >= 15 is 0 Å². The van der Waals surface area contributed by atoms with Gasteiger partial charge in [-0.25, -0.2) is 0 Å². The van der Waals surface area contributed by atoms with Gasteiger partial charge < -0.3 is 15.0 Å². The fraction of sp³-hybridized carbons (Fsp3) is 1.00. The molecule has 3 nitrogen and oxygen atoms in total. The maximum absolute atomic E-state index is 6.16. The number of hydrogen-bond acceptors (Lipinski definition) is 3. The summed E-state index contributed by atoms with van der Waals surface area (Å²) >= 11 is 0. The monoisotopic (exact) mass is 268 g/mol. The maximum Gasteiger partial charge on any atom is 0.0710 e. The average molecular weight is 268 g/mol. The Bertz CT molecular complexity index is 261. The molecule has 0 radical (unpaired) electrons. The molecule has 0 aromatic carbocycles. The molecule has 112 valence electrons. The van der Waals surface area contributed by atoms with Crippen LogP contribution >= 0.6 is 0 Å². The zero-order valence-corrected chi connectivity index (χ0v) is 13.1. The lowest BCUT2D eigenvalue weighted by Crippen LogP contribution is -2.40. The summed E-state index contributed by atoms with van der Waals surface area (Å²) in [4.78, 5) is 2.65. The van der Waals surface area contributed by atoms with Crippen molar-refractivity contribution in [3.05, 3.63) is 0 Å². The van der Waals surface area contributed by atoms with Crippen LogP contribution in [0.15, 0.2) is 0 Å². The molecule has 2 heterocycles. The molecule has 1 atom stereocenters. The van der Waals surface area contributed by atoms with Gasteiger partial charge in [0.2, 0.25) is 0 Å². The Hall–Kier alpha value is -0.120. The quantitative estimate of drug-likeness (QED) is 0.801. The smallest absolute Gasteiger partial charge is 0.0710 e. The zero-order valence-electron chi connectivity index (χ0n) is 13.1. The molecule has 2 fully saturated rings. The Kier molecular flexibility index (Phi) is 5.67. The number of piperidine rings is 1. The third-order valence-electron chi connectivity index (χ3n) is 4.53. The minimum atomic E-state index is 0.108. The van der Waals surface area contributed by atoms with Crippen LogP contribution < -0.4 is 5.32 Å². The molecule has 2 aliphatic rings. The van der Waals surface area contributed by atoms with Crippen molar-refractivity contribution in [1.82, 2.24) is 10.2 Å². The first-order valence-corrected chi connectivity index (χ1v) is 8.20. The van der Waals surface area contributed by atoms with Gasteiger partial charge >= 0.3 is 0 Å². The van der Waals surface area contributed by atoms with Crippen molar-refractivity contribution in [2.45, 2.75) is 64.6 Å². The summed E-state index contributed by atoms with van der Waals surface area (Å²) in [5.41, 5.74) is 0.108. The van der Waals surface area contributed by atoms with Crippen LogP contribution in [0.1, 0.15) is 52.9 Å². The third kappa shape index (κ3) is 5.05. The minimum Gasteiger partial charge on any atom is -0.371 e. The lowest BCUT2D eigenvalue weighted by Gasteiger charge is -2.32. The van der Waals surface area contributed by atoms with Gasteiger partial charge in [0, 0.05) is 13.1 Å². The van der Waals surface area contributed by atoms with Crippen molar-refractivity contribution in [1.29, 1.82) is 0 Å². The molecular formula is C16H32N2O. The molecule has 0 saturated carbocycles. The number of rotatable bonds is 6. The van der Waals surface area contributed by atoms with E-state index < -0.39 is 0 Å². The van der Waals surface area contributed by atoms with Crippen molar-refractivity contribution in [2.24, 2.45) is 5.92 Å². The Morgan fingerprint density at radius 2 is 1.89 bits per heavy atom. The van der Waals surface area contributed by atoms with E-state index in [0.29, 0.717) is 6.10 Å². The molecule has 1 unspecified atom stereocenters. The highest BCUT2D eigenvalue weighted by molar-refractivity contribution is 4.83. The molecule has 0 spiro atoms. The molecule has 1 N–H and O–H groups in total. The van der Waals surface area contributed by atoms with Crippen LogP contribution in [0.4, 0.5) is 0 Å². The molecule has 0 bridgehead atoms. The van der Waals surface area contributed by atoms with Gasteiger partial charge in [0.1, 0.15) is 0 Å². The fourth-order valence-corrected chi connectivity index (χ4v) is 3.50. The second-order valence-corrected chi connectivity index (χ2v) is 6.99. The molecular weight excluding hydrogens is 236 g/mol. The van der Waals surface area contributed by atoms with E-state index in [-0.39, 0.29) is 5.60 Å². The van der Waals surface area contributed by atoms with Crippen LogP contribution in [0.2, 0.25) is 0 Å². The average Bonchev–Trinajstić information content (AvgIpc) is 2.70. The van der Waals surface area contributed by atoms with E-state index in [1.54, 1.807) is 0 Å². The number of nitrogens with zero attached hydrogens (tertiary/aromatic N) is 1. The number of nitrogens with one attached hydrogen (secondary N) is 1. The highest BCUT2D eigenvalue weighted by Gasteiger charge is 2.32. The second-order valence-electron chi connectivity index (χ2n) is 6.99. The molecule has 0 aromatic heterocycles. The molecule has 19 heavy (non-hydrogen) atoms. The van der Waals surface area contributed by atoms with E-state index in [0.717, 1.165) is 12.5 Å². The van der Waals surface area contributed by atoms with Crippen LogP contribution in [-0.2, 0) is 4.74 Å². The van der Waals surface area contributed by atoms with Crippen LogP contribution in [0, 0.1) is 5.92 Å². The van der Waals surface area contributed by atoms with Gasteiger partial charge in [-0.1, -0.05) is 6.92 Å². The van der Waals surface area contributed by atoms with Crippen LogP contribution in [0.5, 0.6) is 0 Å². The van der Waals surface area contributed by atoms with E-state index in [1.807, 2.05) is 0 Å². The van der Waals surface area contributed by atoms with E-state index in [4.69, 9.17) is 4.74 Å². The van der Waals surface area contributed by atoms with E-state index in [1.165, 1.54) is 58.3 Å². The maximum atomic E-state index is 6.16. The molecule has 0 amide bonds. The van der Waals surface area contributed by atoms with Gasteiger partial charge in [-0.3, -0.25) is 0 Å². The van der Waals surface area contributed by atoms with Gasteiger partial charge in [0.15, 0.2) is 0 Å². The van der Waals surface area contributed by atoms with Crippen molar-refractivity contribution in [2.75, 3.05) is 32.7 Å². The second kappa shape index (κ2) is 7.05. The SMILES string of the molecule is CCCN(CC1CCNCC1)CC1CCC(C)(C)O1. The summed E-state index contributed by atoms with van der Waals surface area (Å²) in [5.74, 6) is 0.891. The van der Waals surface area contributed by atoms with Crippen LogP contribution in [0.3, 0.4) is 0 Å². The molecule has 3 heteroatoms. The minimum absolute atomic E-state index is 0.108. The first-order chi connectivity index (χ1) is 9.09. The standard InChI is InChI=1S/C16H32N2O/c1-4-11-18(12-14-6-9-17-10-7-14)13-15-5-8-16(2,3)19-15/h14-15,17H,4-13H2,1-3H3. The normalized spacial score (nSPS) is 28.1. The summed E-state index contributed by atoms with van der Waals surface area (Å²) in [7, 11) is 0. The Morgan fingerprint density at radius 1 is 1.16 bits per heavy atom. The lowest BCUT2D eigenvalue weighted by molar-refractivity contribution is -0.0305. The van der Waals surface area contributed by atoms with Gasteiger partial charge in [0.25, 0.3) is 0 Å². The number of hydrogen-bond donors (Lipinski definition) is 1. The summed E-state index contributed by atoms with van der Waals surface area (Å²) in [6, 6.07) is 0. The highest BCUT2D eigenvalue weighted by atomic mass is 16.5. The predicted molar refractivity (Wildman–Crippen MR) is 80.5 cm³/mol. The van der Waals surface area contributed by atoms with Gasteiger partial charge in [-0.05, 0) is 71.5 Å². The number of ether oxygens (including phenoxy) is 1. The summed E-state index contributed by atoms with van der Waals surface area (Å²) in [6.45, 7) is 12.8. The summed E-state index contributed by atoms with van der Waals surface area (Å²) < 4.78 is 6.16. The first-order valence-electron chi connectivity index (χ1n) is 8.20. The third-order valence-corrected chi connectivity index (χ3v) is 4.53. The molecule has 2 saturated heterocycles. The zero-order chi connectivity index (χ0) is 13.7. The van der Waals surface area contributed by atoms with Crippen molar-refractivity contribution < 1.29 is 4.74 Å². The van der Waals surface area contributed by atoms with E-state index in [2.05, 4.69) is 31.0 Å². The van der Waals surface area contributed by atoms with Gasteiger partial charge in [-0.2, -0.15) is 0 Å². The van der Waals surface area contributed by atoms with Crippen LogP contribution in [0.25, 0.3) is 0 Å². The lowest BCUT2D eigenvalue weighted by atomic mass is 9.97. The molecule has 0 aromatic rings. The molecule has 2 rings (SSSR count). The Balaban J connectivity index is 1.78. The Morgan fingerprint density at radius 3 is 2.47 bits per heavy atom. The highest BCUT2D eigenvalue weighted by Crippen LogP contribution is 2.30. The predicted octanol–water partition coefficient (Wildman–Crippen LogP) is 2.66. The van der Waals surface area contributed by atoms with E-state index in [9.17, 15) is 0 Å². The van der Waals surface area contributed by atoms with Gasteiger partial charge in [-0.15, -0.1) is 0 Å². The van der Waals surface area contributed by atoms with Crippen molar-refractivity contribution in [3.63, 3.8) is 0 Å². The largest absolute Gasteiger partial charge is 0.371 e. The van der Waals surface area contributed by atoms with Crippen molar-refractivity contribution in [3.8, 4) is 0 Å².